The van der Waals surface area contributed by atoms with E-state index in [1.54, 1.807) is 48.4 Å². The third-order valence-corrected chi connectivity index (χ3v) is 6.95. The SMILES string of the molecule is CCCCOc1ccc(C(=O)N(CCOC)CC(=O)N2CCCCC2c2nc(-c3ccc(Cl)cc3)no2)cc1. The maximum atomic E-state index is 13.6. The number of carbonyl (C=O) groups is 2. The van der Waals surface area contributed by atoms with E-state index in [1.165, 1.54) is 4.90 Å². The van der Waals surface area contributed by atoms with E-state index >= 15 is 0 Å². The van der Waals surface area contributed by atoms with E-state index in [9.17, 15) is 9.59 Å². The van der Waals surface area contributed by atoms with Gasteiger partial charge in [-0.3, -0.25) is 9.59 Å². The number of piperidine rings is 1. The number of benzene rings is 2. The minimum atomic E-state index is -0.348. The number of ether oxygens (including phenoxy) is 2. The van der Waals surface area contributed by atoms with Crippen LogP contribution in [0.25, 0.3) is 11.4 Å². The number of amides is 2. The Morgan fingerprint density at radius 2 is 1.87 bits per heavy atom. The molecule has 1 aromatic heterocycles. The Morgan fingerprint density at radius 1 is 1.10 bits per heavy atom. The van der Waals surface area contributed by atoms with E-state index in [-0.39, 0.29) is 30.9 Å². The van der Waals surface area contributed by atoms with Crippen LogP contribution in [-0.4, -0.2) is 71.7 Å². The fourth-order valence-electron chi connectivity index (χ4n) is 4.49. The van der Waals surface area contributed by atoms with Gasteiger partial charge in [0.1, 0.15) is 18.3 Å². The van der Waals surface area contributed by atoms with Crippen molar-refractivity contribution < 1.29 is 23.6 Å². The Bertz CT molecular complexity index is 1220. The predicted molar refractivity (Wildman–Crippen MR) is 148 cm³/mol. The molecule has 0 spiro atoms. The predicted octanol–water partition coefficient (Wildman–Crippen LogP) is 5.41. The van der Waals surface area contributed by atoms with Crippen LogP contribution in [-0.2, 0) is 9.53 Å². The third-order valence-electron chi connectivity index (χ3n) is 6.70. The summed E-state index contributed by atoms with van der Waals surface area (Å²) in [5, 5.41) is 4.75. The van der Waals surface area contributed by atoms with Gasteiger partial charge in [-0.25, -0.2) is 0 Å². The van der Waals surface area contributed by atoms with Crippen LogP contribution in [0, 0.1) is 0 Å². The summed E-state index contributed by atoms with van der Waals surface area (Å²) >= 11 is 5.99. The molecule has 1 atom stereocenters. The van der Waals surface area contributed by atoms with Crippen molar-refractivity contribution in [2.45, 2.75) is 45.1 Å². The molecule has 0 radical (unpaired) electrons. The van der Waals surface area contributed by atoms with E-state index in [2.05, 4.69) is 17.1 Å². The van der Waals surface area contributed by atoms with Crippen LogP contribution in [0.15, 0.2) is 53.1 Å². The molecule has 1 unspecified atom stereocenters. The van der Waals surface area contributed by atoms with Crippen LogP contribution in [0.5, 0.6) is 5.75 Å². The molecule has 4 rings (SSSR count). The molecule has 2 aromatic carbocycles. The Kier molecular flexibility index (Phi) is 10.3. The van der Waals surface area contributed by atoms with Crippen LogP contribution in [0.1, 0.15) is 61.3 Å². The Balaban J connectivity index is 1.46. The molecule has 9 nitrogen and oxygen atoms in total. The first-order valence-corrected chi connectivity index (χ1v) is 13.8. The second kappa shape index (κ2) is 14.1. The molecule has 1 saturated heterocycles. The number of hydrogen-bond donors (Lipinski definition) is 0. The Morgan fingerprint density at radius 3 is 2.59 bits per heavy atom. The summed E-state index contributed by atoms with van der Waals surface area (Å²) in [4.78, 5) is 34.8. The first-order chi connectivity index (χ1) is 19.0. The number of carbonyl (C=O) groups excluding carboxylic acids is 2. The molecular formula is C29H35ClN4O5. The van der Waals surface area contributed by atoms with Gasteiger partial charge in [0, 0.05) is 36.3 Å². The smallest absolute Gasteiger partial charge is 0.254 e. The van der Waals surface area contributed by atoms with Gasteiger partial charge in [0.25, 0.3) is 5.91 Å². The number of unbranched alkanes of at least 4 members (excludes halogenated alkanes) is 1. The maximum Gasteiger partial charge on any atom is 0.254 e. The molecule has 3 aromatic rings. The van der Waals surface area contributed by atoms with Crippen LogP contribution in [0.2, 0.25) is 5.02 Å². The lowest BCUT2D eigenvalue weighted by Gasteiger charge is -2.35. The molecule has 1 aliphatic heterocycles. The Hall–Kier alpha value is -3.43. The third kappa shape index (κ3) is 7.58. The maximum absolute atomic E-state index is 13.6. The van der Waals surface area contributed by atoms with E-state index in [1.807, 2.05) is 12.1 Å². The highest BCUT2D eigenvalue weighted by Gasteiger charge is 2.33. The van der Waals surface area contributed by atoms with Gasteiger partial charge < -0.3 is 23.8 Å². The van der Waals surface area contributed by atoms with Crippen LogP contribution < -0.4 is 4.74 Å². The second-order valence-corrected chi connectivity index (χ2v) is 9.94. The lowest BCUT2D eigenvalue weighted by Crippen LogP contribution is -2.46. The molecule has 2 heterocycles. The molecule has 2 amide bonds. The fourth-order valence-corrected chi connectivity index (χ4v) is 4.62. The summed E-state index contributed by atoms with van der Waals surface area (Å²) in [6.45, 7) is 3.82. The number of aromatic nitrogens is 2. The molecule has 10 heteroatoms. The average Bonchev–Trinajstić information content (AvgIpc) is 3.46. The summed E-state index contributed by atoms with van der Waals surface area (Å²) in [5.74, 6) is 1.14. The molecule has 0 N–H and O–H groups in total. The number of halogens is 1. The molecule has 1 fully saturated rings. The van der Waals surface area contributed by atoms with E-state index in [4.69, 9.17) is 25.6 Å². The largest absolute Gasteiger partial charge is 0.494 e. The number of hydrogen-bond acceptors (Lipinski definition) is 7. The first-order valence-electron chi connectivity index (χ1n) is 13.4. The number of methoxy groups -OCH3 is 1. The zero-order valence-electron chi connectivity index (χ0n) is 22.5. The molecule has 0 bridgehead atoms. The summed E-state index contributed by atoms with van der Waals surface area (Å²) in [5.41, 5.74) is 1.27. The summed E-state index contributed by atoms with van der Waals surface area (Å²) in [6, 6.07) is 13.9. The molecule has 208 valence electrons. The van der Waals surface area contributed by atoms with Crippen molar-refractivity contribution in [3.8, 4) is 17.1 Å². The van der Waals surface area contributed by atoms with Gasteiger partial charge >= 0.3 is 0 Å². The van der Waals surface area contributed by atoms with Gasteiger partial charge in [0.15, 0.2) is 0 Å². The van der Waals surface area contributed by atoms with Gasteiger partial charge in [-0.2, -0.15) is 4.98 Å². The van der Waals surface area contributed by atoms with Crippen molar-refractivity contribution in [1.29, 1.82) is 0 Å². The summed E-state index contributed by atoms with van der Waals surface area (Å²) in [6.07, 6.45) is 4.53. The van der Waals surface area contributed by atoms with Crippen LogP contribution in [0.4, 0.5) is 0 Å². The lowest BCUT2D eigenvalue weighted by atomic mass is 10.0. The number of nitrogens with zero attached hydrogens (tertiary/aromatic N) is 4. The molecular weight excluding hydrogens is 520 g/mol. The first kappa shape index (κ1) is 28.6. The highest BCUT2D eigenvalue weighted by atomic mass is 35.5. The van der Waals surface area contributed by atoms with Gasteiger partial charge in [-0.1, -0.05) is 30.1 Å². The normalized spacial score (nSPS) is 15.3. The second-order valence-electron chi connectivity index (χ2n) is 9.51. The van der Waals surface area contributed by atoms with Gasteiger partial charge in [0.2, 0.25) is 17.6 Å². The number of rotatable bonds is 12. The topological polar surface area (TPSA) is 98.0 Å². The molecule has 39 heavy (non-hydrogen) atoms. The fraction of sp³-hybridized carbons (Fsp3) is 0.448. The molecule has 1 aliphatic rings. The summed E-state index contributed by atoms with van der Waals surface area (Å²) < 4.78 is 16.5. The van der Waals surface area contributed by atoms with Gasteiger partial charge in [0.05, 0.1) is 13.2 Å². The van der Waals surface area contributed by atoms with Crippen molar-refractivity contribution in [2.75, 3.05) is 40.0 Å². The lowest BCUT2D eigenvalue weighted by molar-refractivity contribution is -0.136. The van der Waals surface area contributed by atoms with E-state index < -0.39 is 0 Å². The van der Waals surface area contributed by atoms with Crippen molar-refractivity contribution in [3.05, 3.63) is 65.0 Å². The van der Waals surface area contributed by atoms with Crippen molar-refractivity contribution in [1.82, 2.24) is 19.9 Å². The van der Waals surface area contributed by atoms with Crippen molar-refractivity contribution in [2.24, 2.45) is 0 Å². The van der Waals surface area contributed by atoms with Crippen LogP contribution in [0.3, 0.4) is 0 Å². The standard InChI is InChI=1S/C29H35ClN4O5/c1-3-4-18-38-24-14-10-22(11-15-24)29(36)33(17-19-37-2)20-26(35)34-16-6-5-7-25(34)28-31-27(32-39-28)21-8-12-23(30)13-9-21/h8-15,25H,3-7,16-20H2,1-2H3. The molecule has 0 saturated carbocycles. The van der Waals surface area contributed by atoms with Crippen molar-refractivity contribution in [3.63, 3.8) is 0 Å². The van der Waals surface area contributed by atoms with Crippen LogP contribution >= 0.6 is 11.6 Å². The average molecular weight is 555 g/mol. The quantitative estimate of drug-likeness (QED) is 0.276. The zero-order valence-corrected chi connectivity index (χ0v) is 23.2. The zero-order chi connectivity index (χ0) is 27.6. The van der Waals surface area contributed by atoms with Gasteiger partial charge in [-0.15, -0.1) is 0 Å². The van der Waals surface area contributed by atoms with E-state index in [0.29, 0.717) is 54.2 Å². The minimum absolute atomic E-state index is 0.0778. The Labute approximate surface area is 234 Å². The van der Waals surface area contributed by atoms with Gasteiger partial charge in [-0.05, 0) is 74.2 Å². The van der Waals surface area contributed by atoms with Crippen molar-refractivity contribution >= 4 is 23.4 Å². The highest BCUT2D eigenvalue weighted by Crippen LogP contribution is 2.31. The van der Waals surface area contributed by atoms with E-state index in [0.717, 1.165) is 31.2 Å². The highest BCUT2D eigenvalue weighted by molar-refractivity contribution is 6.30. The monoisotopic (exact) mass is 554 g/mol. The minimum Gasteiger partial charge on any atom is -0.494 e. The summed E-state index contributed by atoms with van der Waals surface area (Å²) in [7, 11) is 1.57. The molecule has 0 aliphatic carbocycles. The number of likely N-dealkylation sites (tertiary alicyclic amines) is 1.